The lowest BCUT2D eigenvalue weighted by Gasteiger charge is -2.31. The van der Waals surface area contributed by atoms with Crippen molar-refractivity contribution < 1.29 is 24.6 Å². The van der Waals surface area contributed by atoms with E-state index in [4.69, 9.17) is 10.2 Å². The summed E-state index contributed by atoms with van der Waals surface area (Å²) in [6.45, 7) is 6.19. The van der Waals surface area contributed by atoms with E-state index in [2.05, 4.69) is 17.1 Å². The van der Waals surface area contributed by atoms with Crippen LogP contribution in [-0.4, -0.2) is 96.9 Å². The normalized spacial score (nSPS) is 12.1. The molecule has 0 rings (SSSR count). The zero-order valence-electron chi connectivity index (χ0n) is 19.9. The largest absolute Gasteiger partial charge is 0.395 e. The van der Waals surface area contributed by atoms with Crippen molar-refractivity contribution in [3.63, 3.8) is 0 Å². The Bertz CT molecular complexity index is 406. The molecule has 0 radical (unpaired) electrons. The molecule has 180 valence electrons. The van der Waals surface area contributed by atoms with Crippen molar-refractivity contribution in [1.82, 2.24) is 10.2 Å². The summed E-state index contributed by atoms with van der Waals surface area (Å²) in [7, 11) is 3.95. The van der Waals surface area contributed by atoms with Gasteiger partial charge in [0, 0.05) is 39.0 Å². The fraction of sp³-hybridized carbons (Fsp3) is 0.957. The number of nitrogens with one attached hydrogen (secondary N) is 1. The van der Waals surface area contributed by atoms with Crippen LogP contribution in [0.3, 0.4) is 0 Å². The molecule has 4 N–H and O–H groups in total. The second kappa shape index (κ2) is 19.0. The SMILES string of the molecule is CCCCCCCCCCCC(=O)NCCN(CCO)CCC[N+](C)(C)CC(O)O. The van der Waals surface area contributed by atoms with Crippen LogP contribution in [0.15, 0.2) is 0 Å². The van der Waals surface area contributed by atoms with Crippen LogP contribution in [0.5, 0.6) is 0 Å². The molecule has 0 aliphatic rings. The minimum Gasteiger partial charge on any atom is -0.395 e. The summed E-state index contributed by atoms with van der Waals surface area (Å²) in [5.74, 6) is 0.122. The Kier molecular flexibility index (Phi) is 18.5. The Morgan fingerprint density at radius 2 is 1.50 bits per heavy atom. The number of carbonyl (C=O) groups is 1. The molecule has 7 heteroatoms. The lowest BCUT2D eigenvalue weighted by molar-refractivity contribution is -0.896. The molecule has 0 bridgehead atoms. The third-order valence-electron chi connectivity index (χ3n) is 5.57. The van der Waals surface area contributed by atoms with Crippen molar-refractivity contribution in [3.05, 3.63) is 0 Å². The highest BCUT2D eigenvalue weighted by Gasteiger charge is 2.19. The van der Waals surface area contributed by atoms with Gasteiger partial charge in [-0.2, -0.15) is 0 Å². The van der Waals surface area contributed by atoms with Crippen molar-refractivity contribution in [2.24, 2.45) is 0 Å². The molecule has 1 amide bonds. The molecule has 7 nitrogen and oxygen atoms in total. The van der Waals surface area contributed by atoms with Gasteiger partial charge in [-0.05, 0) is 6.42 Å². The van der Waals surface area contributed by atoms with Crippen molar-refractivity contribution in [2.45, 2.75) is 83.8 Å². The first-order chi connectivity index (χ1) is 14.3. The molecule has 0 atom stereocenters. The van der Waals surface area contributed by atoms with Gasteiger partial charge < -0.3 is 25.1 Å². The number of rotatable bonds is 21. The standard InChI is InChI=1S/C23H49N3O4/c1-4-5-6-7-8-9-10-11-12-14-22(28)24-15-17-25(18-20-27)16-13-19-26(2,3)21-23(29)30/h23,27,29-30H,4-21H2,1-3H3/p+1. The molecule has 0 spiro atoms. The third kappa shape index (κ3) is 19.2. The molecule has 0 aliphatic carbocycles. The molecule has 0 aromatic carbocycles. The van der Waals surface area contributed by atoms with Gasteiger partial charge in [-0.1, -0.05) is 58.3 Å². The monoisotopic (exact) mass is 432 g/mol. The first-order valence-electron chi connectivity index (χ1n) is 12.1. The minimum absolute atomic E-state index is 0.0972. The molecule has 0 aromatic rings. The predicted molar refractivity (Wildman–Crippen MR) is 123 cm³/mol. The number of hydrogen-bond donors (Lipinski definition) is 4. The van der Waals surface area contributed by atoms with Crippen LogP contribution in [0.1, 0.15) is 77.6 Å². The third-order valence-corrected chi connectivity index (χ3v) is 5.57. The molecule has 0 unspecified atom stereocenters. The highest BCUT2D eigenvalue weighted by atomic mass is 16.5. The number of carbonyl (C=O) groups excluding carboxylic acids is 1. The van der Waals surface area contributed by atoms with E-state index < -0.39 is 6.29 Å². The maximum absolute atomic E-state index is 12.0. The van der Waals surface area contributed by atoms with Crippen molar-refractivity contribution in [3.8, 4) is 0 Å². The lowest BCUT2D eigenvalue weighted by atomic mass is 10.1. The van der Waals surface area contributed by atoms with E-state index in [1.165, 1.54) is 44.9 Å². The first-order valence-corrected chi connectivity index (χ1v) is 12.1. The van der Waals surface area contributed by atoms with Gasteiger partial charge in [0.05, 0.1) is 27.2 Å². The number of aliphatic hydroxyl groups is 3. The molecule has 0 saturated heterocycles. The van der Waals surface area contributed by atoms with Crippen LogP contribution < -0.4 is 5.32 Å². The number of aliphatic hydroxyl groups excluding tert-OH is 2. The van der Waals surface area contributed by atoms with Gasteiger partial charge >= 0.3 is 0 Å². The minimum atomic E-state index is -1.30. The zero-order chi connectivity index (χ0) is 22.7. The maximum Gasteiger partial charge on any atom is 0.220 e. The van der Waals surface area contributed by atoms with Crippen LogP contribution in [0.4, 0.5) is 0 Å². The van der Waals surface area contributed by atoms with Gasteiger partial charge in [-0.25, -0.2) is 0 Å². The maximum atomic E-state index is 12.0. The fourth-order valence-electron chi connectivity index (χ4n) is 3.77. The zero-order valence-corrected chi connectivity index (χ0v) is 19.9. The number of quaternary nitrogens is 1. The summed E-state index contributed by atoms with van der Waals surface area (Å²) in [4.78, 5) is 14.2. The van der Waals surface area contributed by atoms with E-state index in [9.17, 15) is 9.90 Å². The van der Waals surface area contributed by atoms with Gasteiger partial charge in [0.15, 0.2) is 0 Å². The Balaban J connectivity index is 3.79. The van der Waals surface area contributed by atoms with E-state index in [1.54, 1.807) is 0 Å². The quantitative estimate of drug-likeness (QED) is 0.127. The van der Waals surface area contributed by atoms with E-state index in [0.717, 1.165) is 38.9 Å². The molecule has 0 heterocycles. The summed E-state index contributed by atoms with van der Waals surface area (Å²) >= 11 is 0. The summed E-state index contributed by atoms with van der Waals surface area (Å²) in [6.07, 6.45) is 11.5. The Morgan fingerprint density at radius 1 is 0.900 bits per heavy atom. The van der Waals surface area contributed by atoms with Gasteiger partial charge in [-0.15, -0.1) is 0 Å². The van der Waals surface area contributed by atoms with Gasteiger partial charge in [0.1, 0.15) is 6.54 Å². The van der Waals surface area contributed by atoms with Gasteiger partial charge in [0.2, 0.25) is 12.2 Å². The number of unbranched alkanes of at least 4 members (excludes halogenated alkanes) is 8. The number of amides is 1. The Labute approximate surface area is 185 Å². The Morgan fingerprint density at radius 3 is 2.07 bits per heavy atom. The molecule has 30 heavy (non-hydrogen) atoms. The topological polar surface area (TPSA) is 93.0 Å². The Hall–Kier alpha value is -0.730. The molecular formula is C23H50N3O4+. The first kappa shape index (κ1) is 29.3. The van der Waals surface area contributed by atoms with Crippen LogP contribution in [0, 0.1) is 0 Å². The highest BCUT2D eigenvalue weighted by Crippen LogP contribution is 2.10. The number of likely N-dealkylation sites (N-methyl/N-ethyl adjacent to an activating group) is 1. The summed E-state index contributed by atoms with van der Waals surface area (Å²) in [5, 5.41) is 30.6. The van der Waals surface area contributed by atoms with E-state index in [-0.39, 0.29) is 12.5 Å². The van der Waals surface area contributed by atoms with E-state index in [0.29, 0.717) is 30.5 Å². The van der Waals surface area contributed by atoms with Crippen LogP contribution in [0.2, 0.25) is 0 Å². The second-order valence-corrected chi connectivity index (χ2v) is 9.17. The lowest BCUT2D eigenvalue weighted by Crippen LogP contribution is -2.47. The van der Waals surface area contributed by atoms with Gasteiger partial charge in [0.25, 0.3) is 0 Å². The van der Waals surface area contributed by atoms with Crippen LogP contribution in [0.25, 0.3) is 0 Å². The van der Waals surface area contributed by atoms with Crippen molar-refractivity contribution in [2.75, 3.05) is 60.0 Å². The highest BCUT2D eigenvalue weighted by molar-refractivity contribution is 5.75. The van der Waals surface area contributed by atoms with E-state index >= 15 is 0 Å². The van der Waals surface area contributed by atoms with Crippen molar-refractivity contribution >= 4 is 5.91 Å². The number of nitrogens with zero attached hydrogens (tertiary/aromatic N) is 2. The average molecular weight is 433 g/mol. The molecule has 0 aromatic heterocycles. The van der Waals surface area contributed by atoms with Crippen molar-refractivity contribution in [1.29, 1.82) is 0 Å². The van der Waals surface area contributed by atoms with Gasteiger partial charge in [-0.3, -0.25) is 9.69 Å². The van der Waals surface area contributed by atoms with Crippen LogP contribution >= 0.6 is 0 Å². The number of hydrogen-bond acceptors (Lipinski definition) is 5. The average Bonchev–Trinajstić information content (AvgIpc) is 2.65. The molecule has 0 fully saturated rings. The summed E-state index contributed by atoms with van der Waals surface area (Å²) in [5.41, 5.74) is 0. The predicted octanol–water partition coefficient (Wildman–Crippen LogP) is 2.10. The second-order valence-electron chi connectivity index (χ2n) is 9.17. The molecular weight excluding hydrogens is 382 g/mol. The summed E-state index contributed by atoms with van der Waals surface area (Å²) < 4.78 is 0.542. The summed E-state index contributed by atoms with van der Waals surface area (Å²) in [6, 6.07) is 0. The molecule has 0 saturated carbocycles. The van der Waals surface area contributed by atoms with E-state index in [1.807, 2.05) is 14.1 Å². The molecule has 0 aliphatic heterocycles. The fourth-order valence-corrected chi connectivity index (χ4v) is 3.77. The van der Waals surface area contributed by atoms with Crippen LogP contribution in [-0.2, 0) is 4.79 Å². The smallest absolute Gasteiger partial charge is 0.220 e.